The summed E-state index contributed by atoms with van der Waals surface area (Å²) in [6.07, 6.45) is 1.30. The Bertz CT molecular complexity index is 778. The number of carbonyl (C=O) groups is 1. The van der Waals surface area contributed by atoms with E-state index in [1.54, 1.807) is 0 Å². The number of fused-ring (bicyclic) bond motifs is 1. The van der Waals surface area contributed by atoms with E-state index < -0.39 is 0 Å². The summed E-state index contributed by atoms with van der Waals surface area (Å²) in [5.41, 5.74) is 3.76. The van der Waals surface area contributed by atoms with Crippen LogP contribution < -0.4 is 0 Å². The van der Waals surface area contributed by atoms with E-state index in [2.05, 4.69) is 17.1 Å². The number of nitrogens with zero attached hydrogens (tertiary/aromatic N) is 1. The van der Waals surface area contributed by atoms with Crippen molar-refractivity contribution in [2.45, 2.75) is 19.8 Å². The number of hydrogen-bond donors (Lipinski definition) is 0. The van der Waals surface area contributed by atoms with Gasteiger partial charge in [0.1, 0.15) is 0 Å². The number of aromatic nitrogens is 1. The SMILES string of the molecule is Cc1cc(C(=O)CCc2ccccc2)c2ccccc2n1. The van der Waals surface area contributed by atoms with Gasteiger partial charge in [0.15, 0.2) is 5.78 Å². The molecule has 2 aromatic carbocycles. The Hall–Kier alpha value is -2.48. The van der Waals surface area contributed by atoms with Crippen LogP contribution in [0.3, 0.4) is 0 Å². The van der Waals surface area contributed by atoms with E-state index in [1.807, 2.05) is 55.5 Å². The largest absolute Gasteiger partial charge is 0.294 e. The van der Waals surface area contributed by atoms with E-state index in [9.17, 15) is 4.79 Å². The van der Waals surface area contributed by atoms with Crippen LogP contribution in [0.5, 0.6) is 0 Å². The summed E-state index contributed by atoms with van der Waals surface area (Å²) < 4.78 is 0. The van der Waals surface area contributed by atoms with E-state index in [0.717, 1.165) is 28.6 Å². The van der Waals surface area contributed by atoms with Crippen LogP contribution in [0.15, 0.2) is 60.7 Å². The number of pyridine rings is 1. The second-order valence-electron chi connectivity index (χ2n) is 5.24. The van der Waals surface area contributed by atoms with Crippen molar-refractivity contribution in [1.82, 2.24) is 4.98 Å². The maximum Gasteiger partial charge on any atom is 0.163 e. The molecule has 2 nitrogen and oxygen atoms in total. The highest BCUT2D eigenvalue weighted by Crippen LogP contribution is 2.20. The maximum absolute atomic E-state index is 12.6. The van der Waals surface area contributed by atoms with Crippen molar-refractivity contribution >= 4 is 16.7 Å². The van der Waals surface area contributed by atoms with E-state index >= 15 is 0 Å². The lowest BCUT2D eigenvalue weighted by Crippen LogP contribution is -2.03. The Balaban J connectivity index is 1.88. The van der Waals surface area contributed by atoms with Gasteiger partial charge < -0.3 is 0 Å². The number of aryl methyl sites for hydroxylation is 2. The predicted octanol–water partition coefficient (Wildman–Crippen LogP) is 4.36. The Kier molecular flexibility index (Phi) is 3.78. The Morgan fingerprint density at radius 3 is 2.52 bits per heavy atom. The number of ketones is 1. The van der Waals surface area contributed by atoms with Crippen molar-refractivity contribution in [2.24, 2.45) is 0 Å². The van der Waals surface area contributed by atoms with Gasteiger partial charge >= 0.3 is 0 Å². The number of hydrogen-bond acceptors (Lipinski definition) is 2. The normalized spacial score (nSPS) is 10.7. The van der Waals surface area contributed by atoms with Crippen molar-refractivity contribution in [3.63, 3.8) is 0 Å². The smallest absolute Gasteiger partial charge is 0.163 e. The fraction of sp³-hybridized carbons (Fsp3) is 0.158. The number of Topliss-reactive ketones (excluding diaryl/α,β-unsaturated/α-hetero) is 1. The molecule has 1 heterocycles. The van der Waals surface area contributed by atoms with E-state index in [4.69, 9.17) is 0 Å². The molecule has 1 aromatic heterocycles. The first-order valence-electron chi connectivity index (χ1n) is 7.17. The molecule has 0 aliphatic carbocycles. The van der Waals surface area contributed by atoms with Crippen LogP contribution in [0.2, 0.25) is 0 Å². The lowest BCUT2D eigenvalue weighted by atomic mass is 9.99. The van der Waals surface area contributed by atoms with Crippen molar-refractivity contribution in [1.29, 1.82) is 0 Å². The molecule has 104 valence electrons. The van der Waals surface area contributed by atoms with Crippen molar-refractivity contribution in [3.8, 4) is 0 Å². The third-order valence-corrected chi connectivity index (χ3v) is 3.63. The third kappa shape index (κ3) is 3.00. The van der Waals surface area contributed by atoms with Gasteiger partial charge in [-0.3, -0.25) is 9.78 Å². The zero-order valence-corrected chi connectivity index (χ0v) is 12.0. The average molecular weight is 275 g/mol. The summed E-state index contributed by atoms with van der Waals surface area (Å²) in [6.45, 7) is 1.93. The number of carbonyl (C=O) groups excluding carboxylic acids is 1. The first kappa shape index (κ1) is 13.5. The fourth-order valence-electron chi connectivity index (χ4n) is 2.58. The van der Waals surface area contributed by atoms with Gasteiger partial charge in [0.05, 0.1) is 5.52 Å². The van der Waals surface area contributed by atoms with Crippen LogP contribution in [-0.2, 0) is 6.42 Å². The zero-order valence-electron chi connectivity index (χ0n) is 12.0. The highest BCUT2D eigenvalue weighted by molar-refractivity contribution is 6.07. The number of benzene rings is 2. The molecule has 0 aliphatic heterocycles. The van der Waals surface area contributed by atoms with E-state index in [1.165, 1.54) is 5.56 Å². The molecule has 0 amide bonds. The van der Waals surface area contributed by atoms with Gasteiger partial charge in [-0.15, -0.1) is 0 Å². The van der Waals surface area contributed by atoms with E-state index in [0.29, 0.717) is 6.42 Å². The summed E-state index contributed by atoms with van der Waals surface area (Å²) in [5, 5.41) is 0.946. The molecule has 0 N–H and O–H groups in total. The first-order valence-corrected chi connectivity index (χ1v) is 7.17. The highest BCUT2D eigenvalue weighted by atomic mass is 16.1. The zero-order chi connectivity index (χ0) is 14.7. The second-order valence-corrected chi connectivity index (χ2v) is 5.24. The van der Waals surface area contributed by atoms with Gasteiger partial charge in [-0.25, -0.2) is 0 Å². The monoisotopic (exact) mass is 275 g/mol. The lowest BCUT2D eigenvalue weighted by molar-refractivity contribution is 0.0984. The highest BCUT2D eigenvalue weighted by Gasteiger charge is 2.11. The summed E-state index contributed by atoms with van der Waals surface area (Å²) in [6, 6.07) is 19.8. The Labute approximate surface area is 124 Å². The Morgan fingerprint density at radius 2 is 1.71 bits per heavy atom. The molecule has 0 fully saturated rings. The predicted molar refractivity (Wildman–Crippen MR) is 85.6 cm³/mol. The molecule has 3 rings (SSSR count). The molecule has 0 spiro atoms. The molecule has 0 saturated carbocycles. The van der Waals surface area contributed by atoms with Crippen LogP contribution in [0.4, 0.5) is 0 Å². The summed E-state index contributed by atoms with van der Waals surface area (Å²) in [7, 11) is 0. The van der Waals surface area contributed by atoms with Crippen molar-refractivity contribution in [3.05, 3.63) is 77.5 Å². The fourth-order valence-corrected chi connectivity index (χ4v) is 2.58. The minimum absolute atomic E-state index is 0.181. The average Bonchev–Trinajstić information content (AvgIpc) is 2.52. The number of rotatable bonds is 4. The van der Waals surface area contributed by atoms with Gasteiger partial charge in [-0.05, 0) is 31.0 Å². The first-order chi connectivity index (χ1) is 10.2. The van der Waals surface area contributed by atoms with Crippen molar-refractivity contribution < 1.29 is 4.79 Å². The van der Waals surface area contributed by atoms with Crippen LogP contribution in [0.25, 0.3) is 10.9 Å². The summed E-state index contributed by atoms with van der Waals surface area (Å²) in [4.78, 5) is 17.0. The molecule has 21 heavy (non-hydrogen) atoms. The lowest BCUT2D eigenvalue weighted by Gasteiger charge is -2.07. The summed E-state index contributed by atoms with van der Waals surface area (Å²) in [5.74, 6) is 0.181. The molecule has 0 saturated heterocycles. The van der Waals surface area contributed by atoms with Crippen LogP contribution in [-0.4, -0.2) is 10.8 Å². The maximum atomic E-state index is 12.6. The van der Waals surface area contributed by atoms with Crippen molar-refractivity contribution in [2.75, 3.05) is 0 Å². The van der Waals surface area contributed by atoms with Gasteiger partial charge in [-0.1, -0.05) is 48.5 Å². The molecule has 0 unspecified atom stereocenters. The molecule has 0 radical (unpaired) electrons. The van der Waals surface area contributed by atoms with Gasteiger partial charge in [-0.2, -0.15) is 0 Å². The second kappa shape index (κ2) is 5.88. The van der Waals surface area contributed by atoms with Crippen LogP contribution >= 0.6 is 0 Å². The molecule has 2 heteroatoms. The van der Waals surface area contributed by atoms with Gasteiger partial charge in [0.2, 0.25) is 0 Å². The minimum atomic E-state index is 0.181. The van der Waals surface area contributed by atoms with Gasteiger partial charge in [0, 0.05) is 23.1 Å². The van der Waals surface area contributed by atoms with Crippen LogP contribution in [0, 0.1) is 6.92 Å². The molecule has 0 atom stereocenters. The Morgan fingerprint density at radius 1 is 1.00 bits per heavy atom. The third-order valence-electron chi connectivity index (χ3n) is 3.63. The molecule has 0 bridgehead atoms. The summed E-state index contributed by atoms with van der Waals surface area (Å²) >= 11 is 0. The van der Waals surface area contributed by atoms with Crippen LogP contribution in [0.1, 0.15) is 28.0 Å². The standard InChI is InChI=1S/C19H17NO/c1-14-13-17(16-9-5-6-10-18(16)20-14)19(21)12-11-15-7-3-2-4-8-15/h2-10,13H,11-12H2,1H3. The molecule has 0 aliphatic rings. The minimum Gasteiger partial charge on any atom is -0.294 e. The quantitative estimate of drug-likeness (QED) is 0.662. The molecular weight excluding hydrogens is 258 g/mol. The molecular formula is C19H17NO. The topological polar surface area (TPSA) is 30.0 Å². The van der Waals surface area contributed by atoms with E-state index in [-0.39, 0.29) is 5.78 Å². The van der Waals surface area contributed by atoms with Gasteiger partial charge in [0.25, 0.3) is 0 Å². The number of para-hydroxylation sites is 1. The molecule has 3 aromatic rings.